The van der Waals surface area contributed by atoms with Crippen LogP contribution in [0.15, 0.2) is 48.1 Å². The summed E-state index contributed by atoms with van der Waals surface area (Å²) in [6, 6.07) is 7.81. The zero-order valence-electron chi connectivity index (χ0n) is 16.7. The average molecular weight is 440 g/mol. The number of azide groups is 1. The number of fused-ring (bicyclic) bond motifs is 1. The van der Waals surface area contributed by atoms with Crippen molar-refractivity contribution in [3.05, 3.63) is 59.0 Å². The predicted octanol–water partition coefficient (Wildman–Crippen LogP) is 0.492. The van der Waals surface area contributed by atoms with Crippen molar-refractivity contribution >= 4 is 23.0 Å². The molecule has 0 aliphatic carbocycles. The summed E-state index contributed by atoms with van der Waals surface area (Å²) in [5.41, 5.74) is 16.1. The number of carbonyl (C=O) groups excluding carboxylic acids is 1. The number of rotatable bonds is 7. The van der Waals surface area contributed by atoms with E-state index in [1.165, 1.54) is 17.2 Å². The molecular weight excluding hydrogens is 420 g/mol. The monoisotopic (exact) mass is 440 g/mol. The SMILES string of the molecule is [N-]=[N+]=N[C@H](Cc1ccccc1)C(=O)OC1C(O)C(CO)OC1n1cnc2c(N)ncnc21. The van der Waals surface area contributed by atoms with Crippen molar-refractivity contribution in [1.82, 2.24) is 19.5 Å². The molecule has 1 aliphatic heterocycles. The van der Waals surface area contributed by atoms with Gasteiger partial charge in [-0.15, -0.1) is 0 Å². The van der Waals surface area contributed by atoms with E-state index < -0.39 is 43.2 Å². The third-order valence-corrected chi connectivity index (χ3v) is 5.14. The summed E-state index contributed by atoms with van der Waals surface area (Å²) in [5.74, 6) is -0.702. The number of benzene rings is 1. The van der Waals surface area contributed by atoms with Crippen molar-refractivity contribution in [2.75, 3.05) is 12.3 Å². The first-order valence-corrected chi connectivity index (χ1v) is 9.69. The summed E-state index contributed by atoms with van der Waals surface area (Å²) < 4.78 is 12.7. The van der Waals surface area contributed by atoms with Crippen LogP contribution in [0.2, 0.25) is 0 Å². The van der Waals surface area contributed by atoms with Crippen molar-refractivity contribution < 1.29 is 24.5 Å². The number of anilines is 1. The lowest BCUT2D eigenvalue weighted by Crippen LogP contribution is -2.39. The quantitative estimate of drug-likeness (QED) is 0.203. The van der Waals surface area contributed by atoms with Crippen LogP contribution in [0.25, 0.3) is 21.6 Å². The zero-order chi connectivity index (χ0) is 22.7. The highest BCUT2D eigenvalue weighted by Crippen LogP contribution is 2.34. The van der Waals surface area contributed by atoms with Crippen LogP contribution in [0.5, 0.6) is 0 Å². The summed E-state index contributed by atoms with van der Waals surface area (Å²) in [7, 11) is 0. The van der Waals surface area contributed by atoms with E-state index >= 15 is 0 Å². The first-order chi connectivity index (χ1) is 15.5. The number of aliphatic hydroxyl groups is 2. The van der Waals surface area contributed by atoms with Crippen LogP contribution in [0.4, 0.5) is 5.82 Å². The van der Waals surface area contributed by atoms with Gasteiger partial charge in [0.1, 0.15) is 30.1 Å². The number of aliphatic hydroxyl groups excluding tert-OH is 2. The highest BCUT2D eigenvalue weighted by Gasteiger charge is 2.48. The normalized spacial score (nSPS) is 23.6. The van der Waals surface area contributed by atoms with Gasteiger partial charge in [0.25, 0.3) is 0 Å². The molecule has 1 saturated heterocycles. The standard InChI is InChI=1S/C19H20N8O5/c20-16-13-17(23-8-22-16)27(9-24-13)18-15(14(29)12(7-28)31-18)32-19(30)11(25-26-21)6-10-4-2-1-3-5-10/h1-5,8-9,11-12,14-15,18,28-29H,6-7H2,(H2,20,22,23)/t11-,12?,14?,15?,18?/m1/s1. The van der Waals surface area contributed by atoms with E-state index in [4.69, 9.17) is 20.7 Å². The number of nitrogens with two attached hydrogens (primary N) is 1. The Hall–Kier alpha value is -3.77. The van der Waals surface area contributed by atoms with E-state index in [0.717, 1.165) is 5.56 Å². The minimum absolute atomic E-state index is 0.110. The fourth-order valence-electron chi connectivity index (χ4n) is 3.56. The maximum Gasteiger partial charge on any atom is 0.315 e. The maximum absolute atomic E-state index is 12.9. The van der Waals surface area contributed by atoms with Crippen molar-refractivity contribution in [3.8, 4) is 0 Å². The Balaban J connectivity index is 1.62. The first-order valence-electron chi connectivity index (χ1n) is 9.69. The topological polar surface area (TPSA) is 194 Å². The predicted molar refractivity (Wildman–Crippen MR) is 110 cm³/mol. The smallest absolute Gasteiger partial charge is 0.315 e. The molecule has 3 aromatic rings. The second-order valence-electron chi connectivity index (χ2n) is 7.13. The Labute approximate surface area is 181 Å². The first kappa shape index (κ1) is 21.5. The van der Waals surface area contributed by atoms with E-state index in [0.29, 0.717) is 11.2 Å². The Kier molecular flexibility index (Phi) is 6.14. The molecule has 0 spiro atoms. The van der Waals surface area contributed by atoms with Crippen LogP contribution in [0, 0.1) is 0 Å². The van der Waals surface area contributed by atoms with E-state index in [1.807, 2.05) is 6.07 Å². The molecule has 4 N–H and O–H groups in total. The highest BCUT2D eigenvalue weighted by atomic mass is 16.6. The van der Waals surface area contributed by atoms with Gasteiger partial charge >= 0.3 is 5.97 Å². The molecule has 13 heteroatoms. The van der Waals surface area contributed by atoms with Gasteiger partial charge in [-0.25, -0.2) is 15.0 Å². The van der Waals surface area contributed by atoms with Crippen LogP contribution in [-0.4, -0.2) is 66.7 Å². The molecule has 3 heterocycles. The average Bonchev–Trinajstić information content (AvgIpc) is 3.36. The number of hydrogen-bond donors (Lipinski definition) is 3. The number of hydrogen-bond acceptors (Lipinski definition) is 10. The molecular formula is C19H20N8O5. The summed E-state index contributed by atoms with van der Waals surface area (Å²) in [5, 5.41) is 23.8. The molecule has 0 radical (unpaired) electrons. The highest BCUT2D eigenvalue weighted by molar-refractivity contribution is 5.81. The van der Waals surface area contributed by atoms with Gasteiger partial charge in [-0.05, 0) is 17.5 Å². The molecule has 0 bridgehead atoms. The zero-order valence-corrected chi connectivity index (χ0v) is 16.7. The summed E-state index contributed by atoms with van der Waals surface area (Å²) >= 11 is 0. The Bertz CT molecular complexity index is 1150. The number of imidazole rings is 1. The van der Waals surface area contributed by atoms with Crippen LogP contribution in [-0.2, 0) is 20.7 Å². The molecule has 4 unspecified atom stereocenters. The van der Waals surface area contributed by atoms with E-state index in [1.54, 1.807) is 24.3 Å². The number of esters is 1. The molecule has 1 aliphatic rings. The molecule has 0 amide bonds. The number of nitrogen functional groups attached to an aromatic ring is 1. The number of carbonyl (C=O) groups is 1. The maximum atomic E-state index is 12.9. The molecule has 0 saturated carbocycles. The fourth-order valence-corrected chi connectivity index (χ4v) is 3.56. The molecule has 1 aromatic carbocycles. The van der Waals surface area contributed by atoms with Gasteiger partial charge in [-0.3, -0.25) is 9.36 Å². The minimum Gasteiger partial charge on any atom is -0.454 e. The van der Waals surface area contributed by atoms with Crippen molar-refractivity contribution in [3.63, 3.8) is 0 Å². The van der Waals surface area contributed by atoms with Crippen LogP contribution >= 0.6 is 0 Å². The van der Waals surface area contributed by atoms with Crippen LogP contribution < -0.4 is 5.73 Å². The summed E-state index contributed by atoms with van der Waals surface area (Å²) in [4.78, 5) is 27.8. The van der Waals surface area contributed by atoms with Crippen molar-refractivity contribution in [1.29, 1.82) is 0 Å². The van der Waals surface area contributed by atoms with Gasteiger partial charge in [0.15, 0.2) is 23.8 Å². The molecule has 2 aromatic heterocycles. The van der Waals surface area contributed by atoms with Gasteiger partial charge in [0, 0.05) is 4.91 Å². The van der Waals surface area contributed by atoms with Gasteiger partial charge in [-0.1, -0.05) is 35.4 Å². The Morgan fingerprint density at radius 1 is 1.34 bits per heavy atom. The fraction of sp³-hybridized carbons (Fsp3) is 0.368. The van der Waals surface area contributed by atoms with Gasteiger partial charge < -0.3 is 25.4 Å². The number of ether oxygens (including phenoxy) is 2. The van der Waals surface area contributed by atoms with Crippen LogP contribution in [0.3, 0.4) is 0 Å². The lowest BCUT2D eigenvalue weighted by atomic mass is 10.1. The number of nitrogens with zero attached hydrogens (tertiary/aromatic N) is 7. The Morgan fingerprint density at radius 3 is 2.84 bits per heavy atom. The number of aromatic nitrogens is 4. The van der Waals surface area contributed by atoms with E-state index in [2.05, 4.69) is 25.0 Å². The molecule has 13 nitrogen and oxygen atoms in total. The van der Waals surface area contributed by atoms with Crippen molar-refractivity contribution in [2.24, 2.45) is 5.11 Å². The lowest BCUT2D eigenvalue weighted by molar-refractivity contribution is -0.160. The lowest BCUT2D eigenvalue weighted by Gasteiger charge is -2.23. The molecule has 166 valence electrons. The van der Waals surface area contributed by atoms with Gasteiger partial charge in [0.05, 0.1) is 12.9 Å². The minimum atomic E-state index is -1.35. The van der Waals surface area contributed by atoms with E-state index in [9.17, 15) is 15.0 Å². The summed E-state index contributed by atoms with van der Waals surface area (Å²) in [6.45, 7) is -0.515. The molecule has 32 heavy (non-hydrogen) atoms. The summed E-state index contributed by atoms with van der Waals surface area (Å²) in [6.07, 6.45) is -1.96. The second kappa shape index (κ2) is 9.16. The Morgan fingerprint density at radius 2 is 2.12 bits per heavy atom. The van der Waals surface area contributed by atoms with Gasteiger partial charge in [-0.2, -0.15) is 0 Å². The van der Waals surface area contributed by atoms with Crippen LogP contribution in [0.1, 0.15) is 11.8 Å². The third-order valence-electron chi connectivity index (χ3n) is 5.14. The van der Waals surface area contributed by atoms with Crippen molar-refractivity contribution in [2.45, 2.75) is 37.0 Å². The molecule has 5 atom stereocenters. The largest absolute Gasteiger partial charge is 0.454 e. The van der Waals surface area contributed by atoms with E-state index in [-0.39, 0.29) is 12.2 Å². The van der Waals surface area contributed by atoms with Gasteiger partial charge in [0.2, 0.25) is 0 Å². The third kappa shape index (κ3) is 4.05. The second-order valence-corrected chi connectivity index (χ2v) is 7.13. The molecule has 1 fully saturated rings. The molecule has 4 rings (SSSR count).